The van der Waals surface area contributed by atoms with Crippen LogP contribution in [0.5, 0.6) is 0 Å². The van der Waals surface area contributed by atoms with E-state index in [0.717, 1.165) is 0 Å². The molecule has 3 atom stereocenters. The van der Waals surface area contributed by atoms with Gasteiger partial charge in [0.15, 0.2) is 5.82 Å². The van der Waals surface area contributed by atoms with E-state index in [1.807, 2.05) is 0 Å². The van der Waals surface area contributed by atoms with Crippen LogP contribution in [0.4, 0.5) is 24.7 Å². The van der Waals surface area contributed by atoms with Gasteiger partial charge in [0.05, 0.1) is 30.2 Å². The molecule has 0 bridgehead atoms. The van der Waals surface area contributed by atoms with Gasteiger partial charge in [-0.15, -0.1) is 0 Å². The van der Waals surface area contributed by atoms with E-state index in [0.29, 0.717) is 29.6 Å². The van der Waals surface area contributed by atoms with E-state index < -0.39 is 12.2 Å². The molecule has 11 heteroatoms. The summed E-state index contributed by atoms with van der Waals surface area (Å²) >= 11 is 0. The number of aromatic nitrogens is 3. The van der Waals surface area contributed by atoms with Gasteiger partial charge >= 0.3 is 6.18 Å². The van der Waals surface area contributed by atoms with Gasteiger partial charge in [0.25, 0.3) is 5.56 Å². The highest BCUT2D eigenvalue weighted by Gasteiger charge is 2.41. The topological polar surface area (TPSA) is 108 Å². The second-order valence-corrected chi connectivity index (χ2v) is 8.57. The number of halogens is 3. The molecule has 2 unspecified atom stereocenters. The summed E-state index contributed by atoms with van der Waals surface area (Å²) in [6, 6.07) is 7.28. The third-order valence-electron chi connectivity index (χ3n) is 5.77. The lowest BCUT2D eigenvalue weighted by Crippen LogP contribution is -2.38. The summed E-state index contributed by atoms with van der Waals surface area (Å²) in [6.07, 6.45) is -2.38. The van der Waals surface area contributed by atoms with Gasteiger partial charge in [0, 0.05) is 24.5 Å². The molecule has 0 aliphatic carbocycles. The number of nitriles is 1. The van der Waals surface area contributed by atoms with Gasteiger partial charge in [-0.3, -0.25) is 9.48 Å². The molecule has 8 nitrogen and oxygen atoms in total. The second-order valence-electron chi connectivity index (χ2n) is 8.57. The number of ether oxygens (including phenoxy) is 1. The van der Waals surface area contributed by atoms with Crippen LogP contribution in [-0.2, 0) is 4.74 Å². The standard InChI is InChI=1S/C23H25F3N6O2/c1-13(2)29-20(23(24,25)26)14-3-5-16(6-4-14)30-21-19-17(7-9-28-22(19)33)32(31-21)18-12-34-10-8-15(18)11-27/h3-7,9,13,15,18,20,29H,8,10,12H2,1-2H3,(H,28,33)(H,30,31)/t15?,18-,20?/m0/s1. The maximum atomic E-state index is 13.5. The van der Waals surface area contributed by atoms with Crippen LogP contribution in [0.1, 0.15) is 37.9 Å². The largest absolute Gasteiger partial charge is 0.407 e. The molecular weight excluding hydrogens is 449 g/mol. The van der Waals surface area contributed by atoms with Crippen molar-refractivity contribution in [3.8, 4) is 6.07 Å². The summed E-state index contributed by atoms with van der Waals surface area (Å²) in [4.78, 5) is 15.2. The van der Waals surface area contributed by atoms with Gasteiger partial charge < -0.3 is 20.4 Å². The van der Waals surface area contributed by atoms with Crippen molar-refractivity contribution in [2.24, 2.45) is 5.92 Å². The van der Waals surface area contributed by atoms with Gasteiger partial charge in [0.2, 0.25) is 0 Å². The fraction of sp³-hybridized carbons (Fsp3) is 0.435. The number of anilines is 2. The number of nitrogens with zero attached hydrogens (tertiary/aromatic N) is 3. The number of hydrogen-bond donors (Lipinski definition) is 3. The van der Waals surface area contributed by atoms with Gasteiger partial charge in [-0.25, -0.2) is 0 Å². The molecule has 1 fully saturated rings. The lowest BCUT2D eigenvalue weighted by Gasteiger charge is -2.27. The minimum Gasteiger partial charge on any atom is -0.379 e. The first-order valence-corrected chi connectivity index (χ1v) is 11.0. The molecule has 1 aliphatic heterocycles. The van der Waals surface area contributed by atoms with Gasteiger partial charge in [-0.1, -0.05) is 26.0 Å². The Bertz CT molecular complexity index is 1240. The Morgan fingerprint density at radius 2 is 2.00 bits per heavy atom. The zero-order valence-corrected chi connectivity index (χ0v) is 18.7. The number of pyridine rings is 1. The average Bonchev–Trinajstić information content (AvgIpc) is 3.16. The van der Waals surface area contributed by atoms with Gasteiger partial charge in [-0.05, 0) is 30.2 Å². The number of alkyl halides is 3. The van der Waals surface area contributed by atoms with Gasteiger partial charge in [-0.2, -0.15) is 23.5 Å². The summed E-state index contributed by atoms with van der Waals surface area (Å²) in [5, 5.41) is 20.0. The molecule has 3 N–H and O–H groups in total. The lowest BCUT2D eigenvalue weighted by atomic mass is 9.96. The third-order valence-corrected chi connectivity index (χ3v) is 5.77. The van der Waals surface area contributed by atoms with Crippen LogP contribution in [0.25, 0.3) is 10.9 Å². The van der Waals surface area contributed by atoms with Crippen molar-refractivity contribution in [3.05, 3.63) is 52.4 Å². The molecule has 0 spiro atoms. The zero-order valence-electron chi connectivity index (χ0n) is 18.7. The number of aromatic amines is 1. The number of benzene rings is 1. The Hall–Kier alpha value is -3.36. The summed E-state index contributed by atoms with van der Waals surface area (Å²) in [7, 11) is 0. The highest BCUT2D eigenvalue weighted by Crippen LogP contribution is 2.35. The number of hydrogen-bond acceptors (Lipinski definition) is 6. The quantitative estimate of drug-likeness (QED) is 0.495. The van der Waals surface area contributed by atoms with Crippen molar-refractivity contribution in [1.29, 1.82) is 5.26 Å². The van der Waals surface area contributed by atoms with E-state index in [-0.39, 0.29) is 41.5 Å². The van der Waals surface area contributed by atoms with Crippen molar-refractivity contribution in [3.63, 3.8) is 0 Å². The van der Waals surface area contributed by atoms with Crippen molar-refractivity contribution in [1.82, 2.24) is 20.1 Å². The Kier molecular flexibility index (Phi) is 6.63. The Morgan fingerprint density at radius 3 is 2.65 bits per heavy atom. The fourth-order valence-electron chi connectivity index (χ4n) is 4.16. The summed E-state index contributed by atoms with van der Waals surface area (Å²) in [5.41, 5.74) is 0.722. The average molecular weight is 474 g/mol. The summed E-state index contributed by atoms with van der Waals surface area (Å²) < 4.78 is 47.7. The zero-order chi connectivity index (χ0) is 24.5. The fourth-order valence-corrected chi connectivity index (χ4v) is 4.16. The normalized spacial score (nSPS) is 19.8. The molecule has 1 aromatic carbocycles. The molecule has 1 saturated heterocycles. The molecule has 3 aromatic rings. The number of H-pyrrole nitrogens is 1. The van der Waals surface area contributed by atoms with Crippen LogP contribution in [-0.4, -0.2) is 40.2 Å². The second kappa shape index (κ2) is 9.48. The highest BCUT2D eigenvalue weighted by atomic mass is 19.4. The molecule has 3 heterocycles. The molecule has 0 radical (unpaired) electrons. The van der Waals surface area contributed by atoms with Crippen LogP contribution >= 0.6 is 0 Å². The van der Waals surface area contributed by atoms with Crippen molar-refractivity contribution < 1.29 is 17.9 Å². The monoisotopic (exact) mass is 474 g/mol. The molecule has 34 heavy (non-hydrogen) atoms. The Morgan fingerprint density at radius 1 is 1.26 bits per heavy atom. The summed E-state index contributed by atoms with van der Waals surface area (Å²) in [6.45, 7) is 4.08. The SMILES string of the molecule is CC(C)NC(c1ccc(Nc2nn([C@H]3COCCC3C#N)c3cc[nH]c(=O)c23)cc1)C(F)(F)F. The maximum Gasteiger partial charge on any atom is 0.407 e. The lowest BCUT2D eigenvalue weighted by molar-refractivity contribution is -0.159. The van der Waals surface area contributed by atoms with Crippen LogP contribution in [0.15, 0.2) is 41.3 Å². The molecule has 0 saturated carbocycles. The smallest absolute Gasteiger partial charge is 0.379 e. The van der Waals surface area contributed by atoms with Gasteiger partial charge in [0.1, 0.15) is 11.4 Å². The minimum absolute atomic E-state index is 0.0798. The van der Waals surface area contributed by atoms with Crippen molar-refractivity contribution in [2.45, 2.75) is 44.6 Å². The summed E-state index contributed by atoms with van der Waals surface area (Å²) in [5.74, 6) is -0.0735. The van der Waals surface area contributed by atoms with E-state index in [9.17, 15) is 23.2 Å². The van der Waals surface area contributed by atoms with Crippen LogP contribution in [0.3, 0.4) is 0 Å². The van der Waals surface area contributed by atoms with Crippen LogP contribution in [0, 0.1) is 17.2 Å². The third kappa shape index (κ3) is 4.78. The maximum absolute atomic E-state index is 13.5. The van der Waals surface area contributed by atoms with E-state index in [1.165, 1.54) is 30.5 Å². The van der Waals surface area contributed by atoms with E-state index in [4.69, 9.17) is 4.74 Å². The number of fused-ring (bicyclic) bond motifs is 1. The van der Waals surface area contributed by atoms with Crippen LogP contribution < -0.4 is 16.2 Å². The molecule has 0 amide bonds. The molecule has 4 rings (SSSR count). The Balaban J connectivity index is 1.68. The van der Waals surface area contributed by atoms with E-state index in [2.05, 4.69) is 26.8 Å². The first kappa shape index (κ1) is 23.8. The molecule has 180 valence electrons. The number of nitrogens with one attached hydrogen (secondary N) is 3. The Labute approximate surface area is 193 Å². The predicted octanol–water partition coefficient (Wildman–Crippen LogP) is 4.17. The molecule has 2 aromatic heterocycles. The predicted molar refractivity (Wildman–Crippen MR) is 121 cm³/mol. The first-order chi connectivity index (χ1) is 16.2. The van der Waals surface area contributed by atoms with Crippen LogP contribution in [0.2, 0.25) is 0 Å². The highest BCUT2D eigenvalue weighted by molar-refractivity contribution is 5.91. The molecular formula is C23H25F3N6O2. The van der Waals surface area contributed by atoms with Crippen molar-refractivity contribution in [2.75, 3.05) is 18.5 Å². The van der Waals surface area contributed by atoms with E-state index in [1.54, 1.807) is 24.6 Å². The minimum atomic E-state index is -4.44. The first-order valence-electron chi connectivity index (χ1n) is 11.0. The molecule has 1 aliphatic rings. The number of rotatable bonds is 6. The van der Waals surface area contributed by atoms with Crippen molar-refractivity contribution >= 4 is 22.4 Å². The van der Waals surface area contributed by atoms with E-state index >= 15 is 0 Å².